The van der Waals surface area contributed by atoms with Crippen LogP contribution < -0.4 is 10.5 Å². The lowest BCUT2D eigenvalue weighted by Crippen LogP contribution is -2.70. The summed E-state index contributed by atoms with van der Waals surface area (Å²) in [6.07, 6.45) is 0. The van der Waals surface area contributed by atoms with Crippen molar-refractivity contribution in [2.24, 2.45) is 5.73 Å². The second kappa shape index (κ2) is 8.85. The third-order valence-electron chi connectivity index (χ3n) is 6.61. The van der Waals surface area contributed by atoms with Gasteiger partial charge in [0.2, 0.25) is 0 Å². The molecule has 0 saturated carbocycles. The maximum Gasteiger partial charge on any atom is 0.324 e. The molecule has 1 atom stereocenters. The molecule has 34 heavy (non-hydrogen) atoms. The van der Waals surface area contributed by atoms with E-state index >= 15 is 0 Å². The number of rotatable bonds is 7. The monoisotopic (exact) mass is 477 g/mol. The number of para-hydroxylation sites is 1. The summed E-state index contributed by atoms with van der Waals surface area (Å²) in [4.78, 5) is 32.0. The van der Waals surface area contributed by atoms with Gasteiger partial charge in [-0.2, -0.15) is 0 Å². The van der Waals surface area contributed by atoms with Crippen molar-refractivity contribution in [3.63, 3.8) is 0 Å². The Morgan fingerprint density at radius 2 is 1.91 bits per heavy atom. The third-order valence-corrected chi connectivity index (χ3v) is 9.65. The van der Waals surface area contributed by atoms with Crippen molar-refractivity contribution >= 4 is 30.9 Å². The Morgan fingerprint density at radius 3 is 2.62 bits per heavy atom. The van der Waals surface area contributed by atoms with Crippen molar-refractivity contribution < 1.29 is 19.1 Å². The molecule has 1 aromatic heterocycles. The molecule has 0 spiro atoms. The van der Waals surface area contributed by atoms with Crippen LogP contribution in [0.25, 0.3) is 10.9 Å². The summed E-state index contributed by atoms with van der Waals surface area (Å²) < 4.78 is 11.1. The molecular formula is C26H31N3O4Si. The van der Waals surface area contributed by atoms with E-state index in [1.807, 2.05) is 69.0 Å². The molecule has 4 rings (SSSR count). The number of hydrogen-bond donors (Lipinski definition) is 1. The van der Waals surface area contributed by atoms with Crippen LogP contribution in [0.3, 0.4) is 0 Å². The van der Waals surface area contributed by atoms with Gasteiger partial charge in [-0.15, -0.1) is 0 Å². The van der Waals surface area contributed by atoms with Crippen molar-refractivity contribution in [2.75, 3.05) is 13.7 Å². The Hall–Kier alpha value is -3.23. The maximum atomic E-state index is 13.2. The zero-order valence-electron chi connectivity index (χ0n) is 20.3. The van der Waals surface area contributed by atoms with Gasteiger partial charge >= 0.3 is 5.97 Å². The number of aromatic nitrogens is 1. The molecule has 2 heterocycles. The Kier molecular flexibility index (Phi) is 6.22. The first-order valence-electron chi connectivity index (χ1n) is 11.3. The summed E-state index contributed by atoms with van der Waals surface area (Å²) in [5.41, 5.74) is 10.9. The molecule has 3 aromatic rings. The molecule has 2 N–H and O–H groups in total. The third kappa shape index (κ3) is 4.31. The first-order valence-corrected chi connectivity index (χ1v) is 14.8. The Balaban J connectivity index is 1.53. The molecule has 8 heteroatoms. The number of hydrogen-bond acceptors (Lipinski definition) is 6. The largest absolute Gasteiger partial charge is 0.489 e. The molecule has 0 saturated heterocycles. The molecule has 178 valence electrons. The number of amides is 1. The standard InChI is InChI=1S/C26H31N3O4Si/c1-17-12-19(21-8-6-7-9-23(21)28-17)15-33-20-11-10-18-14-29(24(30)22(18)13-20)16-26(27,25(31)32-2)34(3,4)5/h6-13H,14-16,27H2,1-5H3/t26-/m0/s1. The van der Waals surface area contributed by atoms with E-state index < -0.39 is 19.2 Å². The fourth-order valence-corrected chi connectivity index (χ4v) is 5.70. The summed E-state index contributed by atoms with van der Waals surface area (Å²) in [5, 5.41) is -0.149. The minimum absolute atomic E-state index is 0.126. The number of ether oxygens (including phenoxy) is 2. The SMILES string of the molecule is COC(=O)[C@](N)(CN1Cc2ccc(OCc3cc(C)nc4ccccc34)cc2C1=O)[Si](C)(C)C. The van der Waals surface area contributed by atoms with Crippen molar-refractivity contribution in [3.05, 3.63) is 70.9 Å². The number of methoxy groups -OCH3 is 1. The zero-order valence-corrected chi connectivity index (χ0v) is 21.3. The van der Waals surface area contributed by atoms with Gasteiger partial charge in [0.15, 0.2) is 0 Å². The van der Waals surface area contributed by atoms with Crippen molar-refractivity contribution in [3.8, 4) is 5.75 Å². The van der Waals surface area contributed by atoms with Gasteiger partial charge in [0.05, 0.1) is 20.7 Å². The molecule has 0 aliphatic carbocycles. The van der Waals surface area contributed by atoms with E-state index in [2.05, 4.69) is 4.98 Å². The number of fused-ring (bicyclic) bond motifs is 2. The van der Waals surface area contributed by atoms with Gasteiger partial charge in [-0.05, 0) is 36.8 Å². The highest BCUT2D eigenvalue weighted by atomic mass is 28.3. The van der Waals surface area contributed by atoms with E-state index in [1.165, 1.54) is 7.11 Å². The molecular weight excluding hydrogens is 446 g/mol. The van der Waals surface area contributed by atoms with Crippen LogP contribution in [0, 0.1) is 6.92 Å². The summed E-state index contributed by atoms with van der Waals surface area (Å²) in [7, 11) is -0.869. The summed E-state index contributed by atoms with van der Waals surface area (Å²) in [6.45, 7) is 8.88. The first-order chi connectivity index (χ1) is 16.0. The van der Waals surface area contributed by atoms with Crippen LogP contribution in [-0.4, -0.2) is 48.7 Å². The average Bonchev–Trinajstić information content (AvgIpc) is 3.10. The van der Waals surface area contributed by atoms with Crippen molar-refractivity contribution in [1.82, 2.24) is 9.88 Å². The summed E-state index contributed by atoms with van der Waals surface area (Å²) in [6, 6.07) is 15.5. The molecule has 7 nitrogen and oxygen atoms in total. The highest BCUT2D eigenvalue weighted by molar-refractivity contribution is 6.82. The molecule has 1 amide bonds. The number of esters is 1. The van der Waals surface area contributed by atoms with Gasteiger partial charge in [0, 0.05) is 35.3 Å². The van der Waals surface area contributed by atoms with Crippen LogP contribution in [0.4, 0.5) is 0 Å². The number of pyridine rings is 1. The number of nitrogens with zero attached hydrogens (tertiary/aromatic N) is 2. The molecule has 0 unspecified atom stereocenters. The second-order valence-corrected chi connectivity index (χ2v) is 15.3. The maximum absolute atomic E-state index is 13.2. The lowest BCUT2D eigenvalue weighted by molar-refractivity contribution is -0.144. The highest BCUT2D eigenvalue weighted by Gasteiger charge is 2.50. The topological polar surface area (TPSA) is 94.8 Å². The normalized spacial score (nSPS) is 15.2. The predicted octanol–water partition coefficient (Wildman–Crippen LogP) is 3.83. The summed E-state index contributed by atoms with van der Waals surface area (Å²) in [5.74, 6) is -0.00776. The highest BCUT2D eigenvalue weighted by Crippen LogP contribution is 2.31. The number of carbonyl (C=O) groups is 2. The van der Waals surface area contributed by atoms with E-state index in [1.54, 1.807) is 11.0 Å². The fourth-order valence-electron chi connectivity index (χ4n) is 4.32. The molecule has 0 radical (unpaired) electrons. The van der Waals surface area contributed by atoms with Crippen LogP contribution in [0.1, 0.15) is 27.2 Å². The van der Waals surface area contributed by atoms with Crippen LogP contribution >= 0.6 is 0 Å². The number of aryl methyl sites for hydroxylation is 1. The number of benzene rings is 2. The van der Waals surface area contributed by atoms with Crippen LogP contribution in [-0.2, 0) is 22.7 Å². The zero-order chi connectivity index (χ0) is 24.7. The van der Waals surface area contributed by atoms with Gasteiger partial charge < -0.3 is 20.1 Å². The predicted molar refractivity (Wildman–Crippen MR) is 134 cm³/mol. The lowest BCUT2D eigenvalue weighted by Gasteiger charge is -2.39. The van der Waals surface area contributed by atoms with Gasteiger partial charge in [0.1, 0.15) is 17.5 Å². The molecule has 1 aliphatic heterocycles. The van der Waals surface area contributed by atoms with Gasteiger partial charge in [-0.3, -0.25) is 14.6 Å². The lowest BCUT2D eigenvalue weighted by atomic mass is 10.1. The van der Waals surface area contributed by atoms with Gasteiger partial charge in [-0.25, -0.2) is 0 Å². The second-order valence-electron chi connectivity index (χ2n) is 9.92. The van der Waals surface area contributed by atoms with Crippen molar-refractivity contribution in [2.45, 2.75) is 44.9 Å². The first kappa shape index (κ1) is 23.9. The average molecular weight is 478 g/mol. The number of nitrogens with two attached hydrogens (primary N) is 1. The Bertz CT molecular complexity index is 1270. The minimum Gasteiger partial charge on any atom is -0.489 e. The molecule has 0 fully saturated rings. The molecule has 1 aliphatic rings. The van der Waals surface area contributed by atoms with Gasteiger partial charge in [-0.1, -0.05) is 43.9 Å². The van der Waals surface area contributed by atoms with Crippen LogP contribution in [0.2, 0.25) is 19.6 Å². The van der Waals surface area contributed by atoms with E-state index in [0.717, 1.165) is 27.7 Å². The van der Waals surface area contributed by atoms with E-state index in [4.69, 9.17) is 15.2 Å². The van der Waals surface area contributed by atoms with E-state index in [0.29, 0.717) is 24.5 Å². The molecule has 0 bridgehead atoms. The quantitative estimate of drug-likeness (QED) is 0.411. The molecule has 2 aromatic carbocycles. The Morgan fingerprint density at radius 1 is 1.18 bits per heavy atom. The van der Waals surface area contributed by atoms with E-state index in [-0.39, 0.29) is 12.5 Å². The number of carbonyl (C=O) groups excluding carboxylic acids is 2. The van der Waals surface area contributed by atoms with Gasteiger partial charge in [0.25, 0.3) is 5.91 Å². The smallest absolute Gasteiger partial charge is 0.324 e. The van der Waals surface area contributed by atoms with E-state index in [9.17, 15) is 9.59 Å². The van der Waals surface area contributed by atoms with Crippen LogP contribution in [0.15, 0.2) is 48.5 Å². The van der Waals surface area contributed by atoms with Crippen LogP contribution in [0.5, 0.6) is 5.75 Å². The van der Waals surface area contributed by atoms with Crippen molar-refractivity contribution in [1.29, 1.82) is 0 Å². The Labute approximate surface area is 200 Å². The minimum atomic E-state index is -2.20. The fraction of sp³-hybridized carbons (Fsp3) is 0.346. The summed E-state index contributed by atoms with van der Waals surface area (Å²) >= 11 is 0.